The van der Waals surface area contributed by atoms with Crippen LogP contribution in [0.4, 0.5) is 11.4 Å². The van der Waals surface area contributed by atoms with E-state index in [0.29, 0.717) is 5.69 Å². The van der Waals surface area contributed by atoms with Crippen molar-refractivity contribution < 1.29 is 9.53 Å². The molecule has 0 unspecified atom stereocenters. The number of carbonyl (C=O) groups excluding carboxylic acids is 1. The first-order valence-corrected chi connectivity index (χ1v) is 10.2. The number of morpholine rings is 1. The Morgan fingerprint density at radius 3 is 2.52 bits per heavy atom. The van der Waals surface area contributed by atoms with Crippen molar-refractivity contribution in [3.8, 4) is 0 Å². The van der Waals surface area contributed by atoms with E-state index in [9.17, 15) is 4.79 Å². The van der Waals surface area contributed by atoms with E-state index in [0.717, 1.165) is 48.5 Å². The van der Waals surface area contributed by atoms with Crippen LogP contribution in [0.1, 0.15) is 42.4 Å². The first kappa shape index (κ1) is 19.5. The van der Waals surface area contributed by atoms with Crippen LogP contribution >= 0.6 is 0 Å². The number of hydrogen-bond donors (Lipinski definition) is 2. The lowest BCUT2D eigenvalue weighted by Crippen LogP contribution is -2.36. The summed E-state index contributed by atoms with van der Waals surface area (Å²) in [6, 6.07) is 14.3. The largest absolute Gasteiger partial charge is 0.378 e. The fourth-order valence-electron chi connectivity index (χ4n) is 3.81. The Kier molecular flexibility index (Phi) is 5.09. The zero-order valence-corrected chi connectivity index (χ0v) is 17.6. The van der Waals surface area contributed by atoms with E-state index in [1.165, 1.54) is 11.3 Å². The number of anilines is 2. The first-order chi connectivity index (χ1) is 13.8. The summed E-state index contributed by atoms with van der Waals surface area (Å²) in [5.41, 5.74) is 6.03. The van der Waals surface area contributed by atoms with Gasteiger partial charge in [-0.2, -0.15) is 0 Å². The predicted octanol–water partition coefficient (Wildman–Crippen LogP) is 4.86. The molecule has 2 N–H and O–H groups in total. The van der Waals surface area contributed by atoms with Gasteiger partial charge in [0, 0.05) is 35.4 Å². The number of nitrogens with one attached hydrogen (secondary N) is 2. The summed E-state index contributed by atoms with van der Waals surface area (Å²) in [5.74, 6) is -0.128. The maximum atomic E-state index is 12.8. The summed E-state index contributed by atoms with van der Waals surface area (Å²) < 4.78 is 5.44. The fraction of sp³-hybridized carbons (Fsp3) is 0.375. The molecule has 0 aliphatic carbocycles. The number of H-pyrrole nitrogens is 1. The molecule has 29 heavy (non-hydrogen) atoms. The first-order valence-electron chi connectivity index (χ1n) is 10.2. The minimum atomic E-state index is -0.128. The molecule has 2 heterocycles. The van der Waals surface area contributed by atoms with Crippen LogP contribution in [0, 0.1) is 6.92 Å². The van der Waals surface area contributed by atoms with Crippen LogP contribution in [0.25, 0.3) is 10.9 Å². The molecule has 0 radical (unpaired) electrons. The molecule has 0 bridgehead atoms. The second-order valence-corrected chi connectivity index (χ2v) is 8.79. The molecule has 5 heteroatoms. The Balaban J connectivity index is 1.52. The highest BCUT2D eigenvalue weighted by Gasteiger charge is 2.17. The van der Waals surface area contributed by atoms with Crippen LogP contribution in [-0.4, -0.2) is 37.2 Å². The molecule has 1 aliphatic rings. The van der Waals surface area contributed by atoms with Gasteiger partial charge in [0.05, 0.1) is 13.2 Å². The summed E-state index contributed by atoms with van der Waals surface area (Å²) in [4.78, 5) is 18.4. The summed E-state index contributed by atoms with van der Waals surface area (Å²) in [5, 5.41) is 4.08. The lowest BCUT2D eigenvalue weighted by atomic mass is 9.86. The third-order valence-corrected chi connectivity index (χ3v) is 5.54. The van der Waals surface area contributed by atoms with Crippen molar-refractivity contribution in [2.24, 2.45) is 0 Å². The van der Waals surface area contributed by atoms with Crippen molar-refractivity contribution in [2.75, 3.05) is 36.5 Å². The average Bonchev–Trinajstić information content (AvgIpc) is 3.12. The molecule has 1 amide bonds. The molecular formula is C24H29N3O2. The van der Waals surface area contributed by atoms with Crippen LogP contribution in [0.2, 0.25) is 0 Å². The number of ether oxygens (including phenoxy) is 1. The van der Waals surface area contributed by atoms with Crippen molar-refractivity contribution in [1.82, 2.24) is 4.98 Å². The fourth-order valence-corrected chi connectivity index (χ4v) is 3.81. The number of benzene rings is 2. The Morgan fingerprint density at radius 1 is 1.07 bits per heavy atom. The van der Waals surface area contributed by atoms with E-state index >= 15 is 0 Å². The maximum Gasteiger partial charge on any atom is 0.272 e. The molecule has 3 aromatic rings. The quantitative estimate of drug-likeness (QED) is 0.670. The van der Waals surface area contributed by atoms with Gasteiger partial charge in [-0.05, 0) is 59.9 Å². The van der Waals surface area contributed by atoms with Crippen LogP contribution in [-0.2, 0) is 10.2 Å². The van der Waals surface area contributed by atoms with Gasteiger partial charge in [-0.1, -0.05) is 26.8 Å². The molecule has 2 aromatic carbocycles. The lowest BCUT2D eigenvalue weighted by Gasteiger charge is -2.30. The van der Waals surface area contributed by atoms with Crippen molar-refractivity contribution in [1.29, 1.82) is 0 Å². The standard InChI is InChI=1S/C24H29N3O2/c1-16-13-19(6-8-22(16)27-9-11-29-12-10-27)25-23(28)21-15-17-14-18(24(2,3)4)5-7-20(17)26-21/h5-8,13-15,26H,9-12H2,1-4H3,(H,25,28). The van der Waals surface area contributed by atoms with Gasteiger partial charge in [-0.3, -0.25) is 4.79 Å². The zero-order valence-electron chi connectivity index (χ0n) is 17.6. The number of aromatic amines is 1. The van der Waals surface area contributed by atoms with E-state index < -0.39 is 0 Å². The van der Waals surface area contributed by atoms with Crippen molar-refractivity contribution in [3.05, 3.63) is 59.3 Å². The molecule has 0 spiro atoms. The number of nitrogens with zero attached hydrogens (tertiary/aromatic N) is 1. The number of aryl methyl sites for hydroxylation is 1. The highest BCUT2D eigenvalue weighted by molar-refractivity contribution is 6.06. The van der Waals surface area contributed by atoms with Gasteiger partial charge >= 0.3 is 0 Å². The van der Waals surface area contributed by atoms with Gasteiger partial charge in [0.15, 0.2) is 0 Å². The number of rotatable bonds is 3. The van der Waals surface area contributed by atoms with E-state index in [1.807, 2.05) is 24.3 Å². The number of carbonyl (C=O) groups is 1. The van der Waals surface area contributed by atoms with E-state index in [-0.39, 0.29) is 11.3 Å². The molecule has 0 atom stereocenters. The van der Waals surface area contributed by atoms with E-state index in [4.69, 9.17) is 4.74 Å². The smallest absolute Gasteiger partial charge is 0.272 e. The molecule has 1 fully saturated rings. The van der Waals surface area contributed by atoms with Crippen LogP contribution in [0.5, 0.6) is 0 Å². The Hall–Kier alpha value is -2.79. The number of hydrogen-bond acceptors (Lipinski definition) is 3. The van der Waals surface area contributed by atoms with Crippen molar-refractivity contribution >= 4 is 28.2 Å². The highest BCUT2D eigenvalue weighted by atomic mass is 16.5. The van der Waals surface area contributed by atoms with Gasteiger partial charge in [0.2, 0.25) is 0 Å². The number of fused-ring (bicyclic) bond motifs is 1. The van der Waals surface area contributed by atoms with Crippen molar-refractivity contribution in [2.45, 2.75) is 33.1 Å². The number of aromatic nitrogens is 1. The topological polar surface area (TPSA) is 57.4 Å². The lowest BCUT2D eigenvalue weighted by molar-refractivity contribution is 0.102. The third kappa shape index (κ3) is 4.15. The van der Waals surface area contributed by atoms with Crippen LogP contribution < -0.4 is 10.2 Å². The molecule has 5 nitrogen and oxygen atoms in total. The molecule has 0 saturated carbocycles. The molecule has 4 rings (SSSR count). The zero-order chi connectivity index (χ0) is 20.6. The van der Waals surface area contributed by atoms with Crippen LogP contribution in [0.3, 0.4) is 0 Å². The molecule has 152 valence electrons. The summed E-state index contributed by atoms with van der Waals surface area (Å²) in [6.45, 7) is 12.0. The Bertz CT molecular complexity index is 1040. The minimum absolute atomic E-state index is 0.0770. The second kappa shape index (κ2) is 7.56. The van der Waals surface area contributed by atoms with E-state index in [2.05, 4.69) is 61.1 Å². The molecule has 1 aromatic heterocycles. The maximum absolute atomic E-state index is 12.8. The van der Waals surface area contributed by atoms with Gasteiger partial charge in [-0.15, -0.1) is 0 Å². The normalized spacial score (nSPS) is 15.0. The second-order valence-electron chi connectivity index (χ2n) is 8.79. The number of amides is 1. The SMILES string of the molecule is Cc1cc(NC(=O)c2cc3cc(C(C)(C)C)ccc3[nH]2)ccc1N1CCOCC1. The van der Waals surface area contributed by atoms with Gasteiger partial charge in [0.25, 0.3) is 5.91 Å². The minimum Gasteiger partial charge on any atom is -0.378 e. The van der Waals surface area contributed by atoms with Gasteiger partial charge in [-0.25, -0.2) is 0 Å². The molecule has 1 aliphatic heterocycles. The molecule has 1 saturated heterocycles. The molecular weight excluding hydrogens is 362 g/mol. The third-order valence-electron chi connectivity index (χ3n) is 5.54. The highest BCUT2D eigenvalue weighted by Crippen LogP contribution is 2.27. The van der Waals surface area contributed by atoms with E-state index in [1.54, 1.807) is 0 Å². The Morgan fingerprint density at radius 2 is 1.83 bits per heavy atom. The van der Waals surface area contributed by atoms with Crippen molar-refractivity contribution in [3.63, 3.8) is 0 Å². The van der Waals surface area contributed by atoms with Crippen LogP contribution in [0.15, 0.2) is 42.5 Å². The predicted molar refractivity (Wildman–Crippen MR) is 119 cm³/mol. The summed E-state index contributed by atoms with van der Waals surface area (Å²) >= 11 is 0. The Labute approximate surface area is 172 Å². The monoisotopic (exact) mass is 391 g/mol. The average molecular weight is 392 g/mol. The van der Waals surface area contributed by atoms with Gasteiger partial charge < -0.3 is 19.9 Å². The summed E-state index contributed by atoms with van der Waals surface area (Å²) in [7, 11) is 0. The van der Waals surface area contributed by atoms with Gasteiger partial charge in [0.1, 0.15) is 5.69 Å². The summed E-state index contributed by atoms with van der Waals surface area (Å²) in [6.07, 6.45) is 0.